The van der Waals surface area contributed by atoms with Gasteiger partial charge in [0, 0.05) is 12.6 Å². The van der Waals surface area contributed by atoms with Crippen LogP contribution >= 0.6 is 0 Å². The lowest BCUT2D eigenvalue weighted by Crippen LogP contribution is -2.29. The van der Waals surface area contributed by atoms with Gasteiger partial charge in [0.15, 0.2) is 11.4 Å². The van der Waals surface area contributed by atoms with Crippen molar-refractivity contribution in [2.75, 3.05) is 0 Å². The predicted octanol–water partition coefficient (Wildman–Crippen LogP) is 2.48. The first-order valence-electron chi connectivity index (χ1n) is 8.18. The third-order valence-corrected chi connectivity index (χ3v) is 3.95. The lowest BCUT2D eigenvalue weighted by atomic mass is 10.1. The Morgan fingerprint density at radius 2 is 1.81 bits per heavy atom. The number of hydrogen-bond acceptors (Lipinski definition) is 4. The minimum atomic E-state index is -0.551. The number of aromatic nitrogens is 2. The summed E-state index contributed by atoms with van der Waals surface area (Å²) in [5, 5.41) is 16.7. The number of hydrogen-bond donors (Lipinski definition) is 2. The molecule has 2 N–H and O–H groups in total. The summed E-state index contributed by atoms with van der Waals surface area (Å²) in [7, 11) is 0. The molecule has 0 saturated heterocycles. The number of aryl methyl sites for hydroxylation is 2. The average molecular weight is 349 g/mol. The van der Waals surface area contributed by atoms with Gasteiger partial charge in [0.25, 0.3) is 11.5 Å². The molecule has 26 heavy (non-hydrogen) atoms. The largest absolute Gasteiger partial charge is 0.505 e. The fourth-order valence-corrected chi connectivity index (χ4v) is 2.53. The van der Waals surface area contributed by atoms with Crippen LogP contribution in [0.5, 0.6) is 5.75 Å². The minimum absolute atomic E-state index is 0.196. The van der Waals surface area contributed by atoms with Crippen molar-refractivity contribution in [2.24, 2.45) is 0 Å². The molecule has 3 aromatic rings. The van der Waals surface area contributed by atoms with Gasteiger partial charge in [0.1, 0.15) is 0 Å². The second-order valence-corrected chi connectivity index (χ2v) is 6.14. The monoisotopic (exact) mass is 349 g/mol. The van der Waals surface area contributed by atoms with E-state index in [0.29, 0.717) is 12.2 Å². The lowest BCUT2D eigenvalue weighted by molar-refractivity contribution is 0.0941. The molecule has 1 heterocycles. The van der Waals surface area contributed by atoms with E-state index < -0.39 is 17.2 Å². The van der Waals surface area contributed by atoms with Crippen LogP contribution < -0.4 is 10.9 Å². The van der Waals surface area contributed by atoms with Crippen molar-refractivity contribution in [1.82, 2.24) is 15.1 Å². The molecule has 0 unspecified atom stereocenters. The van der Waals surface area contributed by atoms with Crippen molar-refractivity contribution in [3.8, 4) is 11.4 Å². The van der Waals surface area contributed by atoms with Crippen LogP contribution in [0.25, 0.3) is 5.69 Å². The van der Waals surface area contributed by atoms with Gasteiger partial charge < -0.3 is 10.4 Å². The fourth-order valence-electron chi connectivity index (χ4n) is 2.53. The Bertz CT molecular complexity index is 1010. The van der Waals surface area contributed by atoms with Crippen LogP contribution in [-0.4, -0.2) is 20.8 Å². The fraction of sp³-hybridized carbons (Fsp3) is 0.150. The summed E-state index contributed by atoms with van der Waals surface area (Å²) in [6.07, 6.45) is 0. The van der Waals surface area contributed by atoms with Crippen LogP contribution in [0.3, 0.4) is 0 Å². The molecule has 1 aromatic heterocycles. The Kier molecular flexibility index (Phi) is 4.84. The number of benzene rings is 2. The zero-order chi connectivity index (χ0) is 18.7. The van der Waals surface area contributed by atoms with E-state index >= 15 is 0 Å². The summed E-state index contributed by atoms with van der Waals surface area (Å²) in [6.45, 7) is 4.17. The van der Waals surface area contributed by atoms with E-state index in [1.807, 2.05) is 44.2 Å². The van der Waals surface area contributed by atoms with Gasteiger partial charge in [-0.05, 0) is 37.1 Å². The zero-order valence-electron chi connectivity index (χ0n) is 14.6. The van der Waals surface area contributed by atoms with E-state index in [2.05, 4.69) is 10.4 Å². The molecule has 0 aliphatic carbocycles. The van der Waals surface area contributed by atoms with E-state index in [-0.39, 0.29) is 5.69 Å². The molecule has 0 bridgehead atoms. The van der Waals surface area contributed by atoms with Gasteiger partial charge in [0.05, 0.1) is 5.69 Å². The number of carbonyl (C=O) groups is 1. The quantitative estimate of drug-likeness (QED) is 0.758. The second kappa shape index (κ2) is 7.23. The lowest BCUT2D eigenvalue weighted by Gasteiger charge is -2.10. The van der Waals surface area contributed by atoms with Crippen molar-refractivity contribution in [3.05, 3.63) is 87.3 Å². The molecule has 3 rings (SSSR count). The Morgan fingerprint density at radius 1 is 1.08 bits per heavy atom. The normalized spacial score (nSPS) is 10.5. The maximum absolute atomic E-state index is 12.4. The standard InChI is InChI=1S/C20H19N3O3/c1-13-6-8-15(9-7-13)12-21-20(26)19-17(24)11-18(25)23(22-19)16-5-3-4-14(2)10-16/h3-11,24H,12H2,1-2H3,(H,21,26). The van der Waals surface area contributed by atoms with Crippen LogP contribution in [-0.2, 0) is 6.54 Å². The number of aromatic hydroxyl groups is 1. The van der Waals surface area contributed by atoms with Crippen LogP contribution in [0.4, 0.5) is 0 Å². The van der Waals surface area contributed by atoms with Gasteiger partial charge >= 0.3 is 0 Å². The Hall–Kier alpha value is -3.41. The molecule has 6 heteroatoms. The first-order valence-corrected chi connectivity index (χ1v) is 8.18. The number of carbonyl (C=O) groups excluding carboxylic acids is 1. The summed E-state index contributed by atoms with van der Waals surface area (Å²) in [4.78, 5) is 24.6. The van der Waals surface area contributed by atoms with Crippen LogP contribution in [0.2, 0.25) is 0 Å². The smallest absolute Gasteiger partial charge is 0.275 e. The highest BCUT2D eigenvalue weighted by molar-refractivity contribution is 5.94. The third-order valence-electron chi connectivity index (χ3n) is 3.95. The van der Waals surface area contributed by atoms with Gasteiger partial charge in [-0.3, -0.25) is 9.59 Å². The van der Waals surface area contributed by atoms with E-state index in [9.17, 15) is 14.7 Å². The summed E-state index contributed by atoms with van der Waals surface area (Å²) < 4.78 is 1.10. The molecular weight excluding hydrogens is 330 g/mol. The molecule has 0 atom stereocenters. The van der Waals surface area contributed by atoms with Crippen LogP contribution in [0.15, 0.2) is 59.4 Å². The zero-order valence-corrected chi connectivity index (χ0v) is 14.6. The maximum Gasteiger partial charge on any atom is 0.275 e. The molecule has 0 aliphatic heterocycles. The maximum atomic E-state index is 12.4. The minimum Gasteiger partial charge on any atom is -0.505 e. The molecule has 0 aliphatic rings. The molecule has 0 saturated carbocycles. The second-order valence-electron chi connectivity index (χ2n) is 6.14. The van der Waals surface area contributed by atoms with E-state index in [4.69, 9.17) is 0 Å². The van der Waals surface area contributed by atoms with Gasteiger partial charge in [-0.1, -0.05) is 42.0 Å². The molecule has 6 nitrogen and oxygen atoms in total. The summed E-state index contributed by atoms with van der Waals surface area (Å²) in [5.41, 5.74) is 2.83. The molecule has 2 aromatic carbocycles. The van der Waals surface area contributed by atoms with Crippen molar-refractivity contribution in [2.45, 2.75) is 20.4 Å². The highest BCUT2D eigenvalue weighted by atomic mass is 16.3. The molecule has 1 amide bonds. The molecule has 0 fully saturated rings. The van der Waals surface area contributed by atoms with E-state index in [1.165, 1.54) is 0 Å². The van der Waals surface area contributed by atoms with E-state index in [1.54, 1.807) is 18.2 Å². The Labute approximate surface area is 150 Å². The molecule has 0 spiro atoms. The SMILES string of the molecule is Cc1ccc(CNC(=O)c2nn(-c3cccc(C)c3)c(=O)cc2O)cc1. The number of nitrogens with zero attached hydrogens (tertiary/aromatic N) is 2. The van der Waals surface area contributed by atoms with Crippen LogP contribution in [0, 0.1) is 13.8 Å². The Morgan fingerprint density at radius 3 is 2.50 bits per heavy atom. The molecule has 0 radical (unpaired) electrons. The first kappa shape index (κ1) is 17.4. The summed E-state index contributed by atoms with van der Waals surface area (Å²) in [6, 6.07) is 15.9. The van der Waals surface area contributed by atoms with Gasteiger partial charge in [-0.15, -0.1) is 0 Å². The average Bonchev–Trinajstić information content (AvgIpc) is 2.61. The first-order chi connectivity index (χ1) is 12.4. The molecule has 132 valence electrons. The summed E-state index contributed by atoms with van der Waals surface area (Å²) in [5.74, 6) is -0.996. The van der Waals surface area contributed by atoms with Gasteiger partial charge in [0.2, 0.25) is 0 Å². The van der Waals surface area contributed by atoms with Crippen molar-refractivity contribution in [3.63, 3.8) is 0 Å². The highest BCUT2D eigenvalue weighted by Crippen LogP contribution is 2.14. The van der Waals surface area contributed by atoms with Crippen LogP contribution in [0.1, 0.15) is 27.2 Å². The van der Waals surface area contributed by atoms with Crippen molar-refractivity contribution in [1.29, 1.82) is 0 Å². The van der Waals surface area contributed by atoms with E-state index in [0.717, 1.165) is 27.4 Å². The Balaban J connectivity index is 1.87. The third kappa shape index (κ3) is 3.80. The van der Waals surface area contributed by atoms with Gasteiger partial charge in [-0.25, -0.2) is 0 Å². The number of amides is 1. The highest BCUT2D eigenvalue weighted by Gasteiger charge is 2.16. The van der Waals surface area contributed by atoms with Crippen molar-refractivity contribution < 1.29 is 9.90 Å². The van der Waals surface area contributed by atoms with Crippen molar-refractivity contribution >= 4 is 5.91 Å². The topological polar surface area (TPSA) is 84.2 Å². The molecular formula is C20H19N3O3. The number of rotatable bonds is 4. The summed E-state index contributed by atoms with van der Waals surface area (Å²) >= 11 is 0. The predicted molar refractivity (Wildman–Crippen MR) is 98.6 cm³/mol. The number of nitrogens with one attached hydrogen (secondary N) is 1. The van der Waals surface area contributed by atoms with Gasteiger partial charge in [-0.2, -0.15) is 9.78 Å².